The molecule has 0 aromatic heterocycles. The normalized spacial score (nSPS) is 11.8. The van der Waals surface area contributed by atoms with Crippen LogP contribution in [0.4, 0.5) is 18.9 Å². The molecule has 78 valence electrons. The van der Waals surface area contributed by atoms with Gasteiger partial charge in [-0.05, 0) is 11.6 Å². The van der Waals surface area contributed by atoms with Crippen LogP contribution in [0.2, 0.25) is 5.02 Å². The van der Waals surface area contributed by atoms with E-state index in [1.807, 2.05) is 0 Å². The van der Waals surface area contributed by atoms with Crippen LogP contribution >= 0.6 is 27.5 Å². The zero-order valence-electron chi connectivity index (χ0n) is 6.83. The van der Waals surface area contributed by atoms with Gasteiger partial charge in [-0.25, -0.2) is 0 Å². The van der Waals surface area contributed by atoms with Crippen LogP contribution in [0.1, 0.15) is 11.1 Å². The van der Waals surface area contributed by atoms with E-state index in [0.29, 0.717) is 5.56 Å². The molecular formula is C8H6BrClF3N. The summed E-state index contributed by atoms with van der Waals surface area (Å²) in [5, 5.41) is -0.112. The van der Waals surface area contributed by atoms with E-state index in [0.717, 1.165) is 0 Å². The Morgan fingerprint density at radius 2 is 1.93 bits per heavy atom. The van der Waals surface area contributed by atoms with Crippen molar-refractivity contribution in [3.63, 3.8) is 0 Å². The lowest BCUT2D eigenvalue weighted by Gasteiger charge is -2.14. The molecule has 0 aliphatic carbocycles. The number of alkyl halides is 4. The number of hydrogen-bond donors (Lipinski definition) is 1. The van der Waals surface area contributed by atoms with E-state index in [1.54, 1.807) is 0 Å². The molecule has 0 aliphatic heterocycles. The van der Waals surface area contributed by atoms with E-state index in [9.17, 15) is 13.2 Å². The third-order valence-corrected chi connectivity index (χ3v) is 2.63. The first-order valence-corrected chi connectivity index (χ1v) is 5.08. The lowest BCUT2D eigenvalue weighted by Crippen LogP contribution is -2.11. The summed E-state index contributed by atoms with van der Waals surface area (Å²) in [6.45, 7) is 0. The summed E-state index contributed by atoms with van der Waals surface area (Å²) in [6.07, 6.45) is -4.51. The summed E-state index contributed by atoms with van der Waals surface area (Å²) in [5.41, 5.74) is 4.44. The highest BCUT2D eigenvalue weighted by molar-refractivity contribution is 9.08. The maximum absolute atomic E-state index is 12.4. The van der Waals surface area contributed by atoms with E-state index < -0.39 is 11.7 Å². The molecule has 0 spiro atoms. The fourth-order valence-corrected chi connectivity index (χ4v) is 1.80. The quantitative estimate of drug-likeness (QED) is 0.617. The number of anilines is 1. The highest BCUT2D eigenvalue weighted by atomic mass is 79.9. The van der Waals surface area contributed by atoms with E-state index >= 15 is 0 Å². The third-order valence-electron chi connectivity index (χ3n) is 1.71. The smallest absolute Gasteiger partial charge is 0.398 e. The highest BCUT2D eigenvalue weighted by Gasteiger charge is 2.36. The number of halogens is 5. The average molecular weight is 288 g/mol. The van der Waals surface area contributed by atoms with Crippen molar-refractivity contribution in [2.75, 3.05) is 5.73 Å². The molecule has 1 rings (SSSR count). The zero-order valence-corrected chi connectivity index (χ0v) is 9.17. The van der Waals surface area contributed by atoms with Gasteiger partial charge in [-0.3, -0.25) is 0 Å². The van der Waals surface area contributed by atoms with Crippen LogP contribution in [0.3, 0.4) is 0 Å². The average Bonchev–Trinajstić information content (AvgIpc) is 2.02. The number of nitrogens with two attached hydrogens (primary N) is 1. The molecule has 0 radical (unpaired) electrons. The second-order valence-electron chi connectivity index (χ2n) is 2.63. The van der Waals surface area contributed by atoms with E-state index in [-0.39, 0.29) is 16.0 Å². The Hall–Kier alpha value is -0.420. The molecule has 0 saturated heterocycles. The van der Waals surface area contributed by atoms with Crippen LogP contribution in [0.15, 0.2) is 12.1 Å². The van der Waals surface area contributed by atoms with Crippen LogP contribution < -0.4 is 5.73 Å². The Kier molecular flexibility index (Phi) is 3.32. The summed E-state index contributed by atoms with van der Waals surface area (Å²) < 4.78 is 37.3. The first-order valence-electron chi connectivity index (χ1n) is 3.58. The Balaban J connectivity index is 3.40. The lowest BCUT2D eigenvalue weighted by molar-refractivity contribution is -0.136. The number of hydrogen-bond acceptors (Lipinski definition) is 1. The van der Waals surface area contributed by atoms with Gasteiger partial charge in [0.25, 0.3) is 0 Å². The van der Waals surface area contributed by atoms with Crippen molar-refractivity contribution in [3.05, 3.63) is 28.3 Å². The Morgan fingerprint density at radius 3 is 2.36 bits per heavy atom. The maximum Gasteiger partial charge on any atom is 0.419 e. The fourth-order valence-electron chi connectivity index (χ4n) is 1.04. The molecule has 1 aromatic carbocycles. The number of nitrogen functional groups attached to an aromatic ring is 1. The maximum atomic E-state index is 12.4. The molecule has 1 nitrogen and oxygen atoms in total. The van der Waals surface area contributed by atoms with Gasteiger partial charge in [0.05, 0.1) is 10.6 Å². The van der Waals surface area contributed by atoms with E-state index in [4.69, 9.17) is 17.3 Å². The largest absolute Gasteiger partial charge is 0.419 e. The van der Waals surface area contributed by atoms with Crippen LogP contribution in [0, 0.1) is 0 Å². The van der Waals surface area contributed by atoms with Gasteiger partial charge in [0.1, 0.15) is 0 Å². The molecular weight excluding hydrogens is 282 g/mol. The van der Waals surface area contributed by atoms with Crippen molar-refractivity contribution in [1.29, 1.82) is 0 Å². The molecule has 0 saturated carbocycles. The van der Waals surface area contributed by atoms with Gasteiger partial charge in [0.2, 0.25) is 0 Å². The predicted octanol–water partition coefficient (Wildman–Crippen LogP) is 3.84. The monoisotopic (exact) mass is 287 g/mol. The summed E-state index contributed by atoms with van der Waals surface area (Å²) in [4.78, 5) is 0. The first-order chi connectivity index (χ1) is 6.38. The van der Waals surface area contributed by atoms with Gasteiger partial charge in [0, 0.05) is 11.0 Å². The molecule has 0 atom stereocenters. The molecule has 0 amide bonds. The van der Waals surface area contributed by atoms with E-state index in [1.165, 1.54) is 12.1 Å². The molecule has 0 unspecified atom stereocenters. The van der Waals surface area contributed by atoms with Gasteiger partial charge in [-0.2, -0.15) is 13.2 Å². The zero-order chi connectivity index (χ0) is 10.9. The SMILES string of the molecule is Nc1c(CBr)ccc(Cl)c1C(F)(F)F. The minimum atomic E-state index is -4.51. The topological polar surface area (TPSA) is 26.0 Å². The summed E-state index contributed by atoms with van der Waals surface area (Å²) in [5.74, 6) is 0. The Bertz CT molecular complexity index is 351. The highest BCUT2D eigenvalue weighted by Crippen LogP contribution is 2.40. The van der Waals surface area contributed by atoms with E-state index in [2.05, 4.69) is 15.9 Å². The molecule has 0 heterocycles. The Labute approximate surface area is 92.2 Å². The van der Waals surface area contributed by atoms with Crippen molar-refractivity contribution in [3.8, 4) is 0 Å². The van der Waals surface area contributed by atoms with Crippen molar-refractivity contribution in [1.82, 2.24) is 0 Å². The van der Waals surface area contributed by atoms with Gasteiger partial charge in [0.15, 0.2) is 0 Å². The molecule has 0 aliphatic rings. The summed E-state index contributed by atoms with van der Waals surface area (Å²) >= 11 is 8.47. The minimum absolute atomic E-state index is 0.263. The van der Waals surface area contributed by atoms with Crippen molar-refractivity contribution in [2.24, 2.45) is 0 Å². The molecule has 0 fully saturated rings. The summed E-state index contributed by atoms with van der Waals surface area (Å²) in [7, 11) is 0. The molecule has 14 heavy (non-hydrogen) atoms. The molecule has 2 N–H and O–H groups in total. The third kappa shape index (κ3) is 2.15. The van der Waals surface area contributed by atoms with Gasteiger partial charge in [-0.1, -0.05) is 33.6 Å². The van der Waals surface area contributed by atoms with Crippen LogP contribution in [-0.2, 0) is 11.5 Å². The number of rotatable bonds is 1. The minimum Gasteiger partial charge on any atom is -0.398 e. The number of benzene rings is 1. The van der Waals surface area contributed by atoms with Gasteiger partial charge in [-0.15, -0.1) is 0 Å². The standard InChI is InChI=1S/C8H6BrClF3N/c9-3-4-1-2-5(10)6(7(4)14)8(11,12)13/h1-2H,3,14H2. The molecule has 0 bridgehead atoms. The predicted molar refractivity (Wildman–Crippen MR) is 53.5 cm³/mol. The second kappa shape index (κ2) is 3.98. The first kappa shape index (κ1) is 11.7. The van der Waals surface area contributed by atoms with Gasteiger partial charge >= 0.3 is 6.18 Å². The molecule has 1 aromatic rings. The summed E-state index contributed by atoms with van der Waals surface area (Å²) in [6, 6.07) is 2.65. The lowest BCUT2D eigenvalue weighted by atomic mass is 10.1. The fraction of sp³-hybridized carbons (Fsp3) is 0.250. The van der Waals surface area contributed by atoms with Gasteiger partial charge < -0.3 is 5.73 Å². The van der Waals surface area contributed by atoms with Crippen LogP contribution in [-0.4, -0.2) is 0 Å². The molecule has 6 heteroatoms. The van der Waals surface area contributed by atoms with Crippen molar-refractivity contribution >= 4 is 33.2 Å². The second-order valence-corrected chi connectivity index (χ2v) is 3.59. The Morgan fingerprint density at radius 1 is 1.36 bits per heavy atom. The van der Waals surface area contributed by atoms with Crippen molar-refractivity contribution < 1.29 is 13.2 Å². The van der Waals surface area contributed by atoms with Crippen molar-refractivity contribution in [2.45, 2.75) is 11.5 Å². The van der Waals surface area contributed by atoms with Crippen LogP contribution in [0.5, 0.6) is 0 Å². The van der Waals surface area contributed by atoms with Crippen LogP contribution in [0.25, 0.3) is 0 Å².